The third-order valence-corrected chi connectivity index (χ3v) is 3.39. The van der Waals surface area contributed by atoms with Gasteiger partial charge in [0.1, 0.15) is 11.6 Å². The van der Waals surface area contributed by atoms with E-state index in [1.54, 1.807) is 7.11 Å². The van der Waals surface area contributed by atoms with Gasteiger partial charge in [-0.1, -0.05) is 11.6 Å². The van der Waals surface area contributed by atoms with Gasteiger partial charge in [-0.15, -0.1) is 0 Å². The number of fused-ring (bicyclic) bond motifs is 1. The number of nitrogens with zero attached hydrogens (tertiary/aromatic N) is 2. The highest BCUT2D eigenvalue weighted by Gasteiger charge is 2.17. The van der Waals surface area contributed by atoms with Gasteiger partial charge in [-0.2, -0.15) is 0 Å². The molecule has 0 unspecified atom stereocenters. The zero-order valence-electron chi connectivity index (χ0n) is 10.1. The maximum absolute atomic E-state index is 6.07. The molecule has 18 heavy (non-hydrogen) atoms. The number of imidazole rings is 1. The molecule has 3 rings (SSSR count). The first-order valence-electron chi connectivity index (χ1n) is 5.88. The first-order valence-corrected chi connectivity index (χ1v) is 6.26. The van der Waals surface area contributed by atoms with Crippen molar-refractivity contribution in [3.63, 3.8) is 0 Å². The Morgan fingerprint density at radius 1 is 1.44 bits per heavy atom. The van der Waals surface area contributed by atoms with Crippen LogP contribution in [0.2, 0.25) is 5.02 Å². The van der Waals surface area contributed by atoms with Gasteiger partial charge in [0.15, 0.2) is 0 Å². The quantitative estimate of drug-likeness (QED) is 0.904. The van der Waals surface area contributed by atoms with Crippen LogP contribution in [0.3, 0.4) is 0 Å². The van der Waals surface area contributed by atoms with Gasteiger partial charge in [-0.25, -0.2) is 4.98 Å². The molecular weight excluding hydrogens is 250 g/mol. The summed E-state index contributed by atoms with van der Waals surface area (Å²) in [6.07, 6.45) is 1.90. The van der Waals surface area contributed by atoms with Gasteiger partial charge in [-0.05, 0) is 18.2 Å². The number of halogens is 1. The lowest BCUT2D eigenvalue weighted by molar-refractivity contribution is 0.415. The molecule has 1 aliphatic rings. The number of ether oxygens (including phenoxy) is 1. The lowest BCUT2D eigenvalue weighted by atomic mass is 10.2. The Bertz CT molecular complexity index is 580. The number of benzene rings is 1. The summed E-state index contributed by atoms with van der Waals surface area (Å²) in [6, 6.07) is 5.60. The van der Waals surface area contributed by atoms with Crippen LogP contribution < -0.4 is 10.1 Å². The lowest BCUT2D eigenvalue weighted by Gasteiger charge is -2.18. The second kappa shape index (κ2) is 4.63. The van der Waals surface area contributed by atoms with Crippen molar-refractivity contribution in [1.82, 2.24) is 14.9 Å². The van der Waals surface area contributed by atoms with E-state index in [2.05, 4.69) is 14.9 Å². The Morgan fingerprint density at radius 3 is 3.17 bits per heavy atom. The highest BCUT2D eigenvalue weighted by Crippen LogP contribution is 2.32. The van der Waals surface area contributed by atoms with Crippen molar-refractivity contribution >= 4 is 11.6 Å². The number of rotatable bonds is 2. The molecular formula is C13H14ClN3O. The van der Waals surface area contributed by atoms with Crippen molar-refractivity contribution in [1.29, 1.82) is 0 Å². The molecule has 0 saturated heterocycles. The second-order valence-electron chi connectivity index (χ2n) is 4.25. The normalized spacial score (nSPS) is 14.3. The molecule has 94 valence electrons. The van der Waals surface area contributed by atoms with Crippen molar-refractivity contribution in [3.05, 3.63) is 35.1 Å². The van der Waals surface area contributed by atoms with Crippen molar-refractivity contribution in [3.8, 4) is 17.1 Å². The van der Waals surface area contributed by atoms with Crippen LogP contribution in [0.1, 0.15) is 5.69 Å². The molecule has 2 heterocycles. The van der Waals surface area contributed by atoms with Crippen LogP contribution in [0.4, 0.5) is 0 Å². The summed E-state index contributed by atoms with van der Waals surface area (Å²) >= 11 is 6.07. The largest absolute Gasteiger partial charge is 0.496 e. The van der Waals surface area contributed by atoms with E-state index in [0.717, 1.165) is 36.8 Å². The Kier molecular flexibility index (Phi) is 2.97. The van der Waals surface area contributed by atoms with Crippen LogP contribution in [-0.2, 0) is 13.1 Å². The van der Waals surface area contributed by atoms with E-state index in [4.69, 9.17) is 16.3 Å². The summed E-state index contributed by atoms with van der Waals surface area (Å²) in [7, 11) is 1.66. The summed E-state index contributed by atoms with van der Waals surface area (Å²) in [5.41, 5.74) is 2.14. The van der Waals surface area contributed by atoms with E-state index in [1.165, 1.54) is 5.69 Å². The summed E-state index contributed by atoms with van der Waals surface area (Å²) < 4.78 is 7.60. The monoisotopic (exact) mass is 263 g/mol. The molecule has 1 aromatic heterocycles. The molecule has 2 aromatic rings. The Balaban J connectivity index is 2.14. The van der Waals surface area contributed by atoms with Crippen LogP contribution in [0.5, 0.6) is 5.75 Å². The van der Waals surface area contributed by atoms with Crippen LogP contribution in [0.15, 0.2) is 24.4 Å². The summed E-state index contributed by atoms with van der Waals surface area (Å²) in [6.45, 7) is 2.73. The molecule has 0 bridgehead atoms. The number of hydrogen-bond donors (Lipinski definition) is 1. The zero-order chi connectivity index (χ0) is 12.5. The summed E-state index contributed by atoms with van der Waals surface area (Å²) in [5, 5.41) is 4.02. The molecule has 0 spiro atoms. The molecule has 0 radical (unpaired) electrons. The van der Waals surface area contributed by atoms with Crippen LogP contribution in [0.25, 0.3) is 11.4 Å². The predicted molar refractivity (Wildman–Crippen MR) is 70.9 cm³/mol. The van der Waals surface area contributed by atoms with E-state index in [1.807, 2.05) is 24.4 Å². The number of hydrogen-bond acceptors (Lipinski definition) is 3. The van der Waals surface area contributed by atoms with Gasteiger partial charge < -0.3 is 14.6 Å². The molecule has 1 aromatic carbocycles. The minimum Gasteiger partial charge on any atom is -0.496 e. The van der Waals surface area contributed by atoms with Crippen molar-refractivity contribution < 1.29 is 4.74 Å². The highest BCUT2D eigenvalue weighted by molar-refractivity contribution is 6.30. The molecule has 0 fully saturated rings. The first-order chi connectivity index (χ1) is 8.79. The van der Waals surface area contributed by atoms with Crippen LogP contribution >= 0.6 is 11.6 Å². The average Bonchev–Trinajstić information content (AvgIpc) is 2.82. The molecule has 1 N–H and O–H groups in total. The molecule has 0 aliphatic carbocycles. The third kappa shape index (κ3) is 1.87. The van der Waals surface area contributed by atoms with Gasteiger partial charge in [0.25, 0.3) is 0 Å². The van der Waals surface area contributed by atoms with E-state index in [-0.39, 0.29) is 0 Å². The molecule has 1 aliphatic heterocycles. The second-order valence-corrected chi connectivity index (χ2v) is 4.68. The Labute approximate surface area is 111 Å². The van der Waals surface area contributed by atoms with Crippen molar-refractivity contribution in [2.45, 2.75) is 13.1 Å². The van der Waals surface area contributed by atoms with E-state index >= 15 is 0 Å². The van der Waals surface area contributed by atoms with Gasteiger partial charge in [0, 0.05) is 24.7 Å². The summed E-state index contributed by atoms with van der Waals surface area (Å²) in [4.78, 5) is 4.50. The van der Waals surface area contributed by atoms with Gasteiger partial charge >= 0.3 is 0 Å². The molecule has 5 heteroatoms. The van der Waals surface area contributed by atoms with Gasteiger partial charge in [0.05, 0.1) is 24.6 Å². The SMILES string of the molecule is COc1ccc(Cl)cc1-c1ncc2n1CCNC2. The predicted octanol–water partition coefficient (Wildman–Crippen LogP) is 2.32. The number of methoxy groups -OCH3 is 1. The highest BCUT2D eigenvalue weighted by atomic mass is 35.5. The van der Waals surface area contributed by atoms with Crippen molar-refractivity contribution in [2.75, 3.05) is 13.7 Å². The smallest absolute Gasteiger partial charge is 0.144 e. The van der Waals surface area contributed by atoms with Crippen molar-refractivity contribution in [2.24, 2.45) is 0 Å². The lowest BCUT2D eigenvalue weighted by Crippen LogP contribution is -2.27. The zero-order valence-corrected chi connectivity index (χ0v) is 10.9. The number of aromatic nitrogens is 2. The molecule has 4 nitrogen and oxygen atoms in total. The van der Waals surface area contributed by atoms with Gasteiger partial charge in [-0.3, -0.25) is 0 Å². The fraction of sp³-hybridized carbons (Fsp3) is 0.308. The first kappa shape index (κ1) is 11.6. The molecule has 0 amide bonds. The minimum atomic E-state index is 0.692. The van der Waals surface area contributed by atoms with Crippen LogP contribution in [-0.4, -0.2) is 23.2 Å². The van der Waals surface area contributed by atoms with E-state index in [0.29, 0.717) is 5.02 Å². The van der Waals surface area contributed by atoms with Gasteiger partial charge in [0.2, 0.25) is 0 Å². The Morgan fingerprint density at radius 2 is 2.33 bits per heavy atom. The summed E-state index contributed by atoms with van der Waals surface area (Å²) in [5.74, 6) is 1.72. The topological polar surface area (TPSA) is 39.1 Å². The van der Waals surface area contributed by atoms with Crippen LogP contribution in [0, 0.1) is 0 Å². The average molecular weight is 264 g/mol. The fourth-order valence-electron chi connectivity index (χ4n) is 2.28. The molecule has 0 saturated carbocycles. The maximum Gasteiger partial charge on any atom is 0.144 e. The number of nitrogens with one attached hydrogen (secondary N) is 1. The minimum absolute atomic E-state index is 0.692. The van der Waals surface area contributed by atoms with E-state index in [9.17, 15) is 0 Å². The fourth-order valence-corrected chi connectivity index (χ4v) is 2.45. The van der Waals surface area contributed by atoms with E-state index < -0.39 is 0 Å². The standard InChI is InChI=1S/C13H14ClN3O/c1-18-12-3-2-9(14)6-11(12)13-16-8-10-7-15-4-5-17(10)13/h2-3,6,8,15H,4-5,7H2,1H3. The molecule has 0 atom stereocenters. The maximum atomic E-state index is 6.07. The Hall–Kier alpha value is -1.52. The third-order valence-electron chi connectivity index (χ3n) is 3.16.